The fraction of sp³-hybridized carbons (Fsp3) is 0.207. The van der Waals surface area contributed by atoms with Gasteiger partial charge in [-0.25, -0.2) is 0 Å². The predicted octanol–water partition coefficient (Wildman–Crippen LogP) is 7.18. The third-order valence-electron chi connectivity index (χ3n) is 6.69. The van der Waals surface area contributed by atoms with Crippen molar-refractivity contribution in [3.8, 4) is 22.4 Å². The van der Waals surface area contributed by atoms with Gasteiger partial charge in [-0.15, -0.1) is 34.9 Å². The van der Waals surface area contributed by atoms with Crippen LogP contribution < -0.4 is 0 Å². The van der Waals surface area contributed by atoms with Crippen LogP contribution >= 0.6 is 0 Å². The van der Waals surface area contributed by atoms with Crippen molar-refractivity contribution in [2.24, 2.45) is 0 Å². The van der Waals surface area contributed by atoms with Crippen molar-refractivity contribution in [2.75, 3.05) is 0 Å². The standard InChI is InChI=1S/C29H26N.Ir/c1-28(2)23-14-8-9-15-24(23)29(3,4)27-22(13-10-16-25(27)28)26-19-21(17-18-30-26)20-11-6-5-7-12-20;/h5-12,14-19H,1-4H3;/q-1;. The second kappa shape index (κ2) is 7.86. The second-order valence-corrected chi connectivity index (χ2v) is 9.23. The van der Waals surface area contributed by atoms with Gasteiger partial charge < -0.3 is 4.98 Å². The van der Waals surface area contributed by atoms with Crippen LogP contribution in [0.5, 0.6) is 0 Å². The number of hydrogen-bond donors (Lipinski definition) is 0. The molecule has 1 heterocycles. The first-order valence-corrected chi connectivity index (χ1v) is 10.6. The molecule has 31 heavy (non-hydrogen) atoms. The Labute approximate surface area is 198 Å². The number of aromatic nitrogens is 1. The van der Waals surface area contributed by atoms with Gasteiger partial charge in [0.25, 0.3) is 0 Å². The molecule has 1 aliphatic carbocycles. The van der Waals surface area contributed by atoms with Crippen molar-refractivity contribution in [3.63, 3.8) is 0 Å². The van der Waals surface area contributed by atoms with Crippen LogP contribution in [0.4, 0.5) is 0 Å². The molecule has 2 heteroatoms. The molecule has 0 spiro atoms. The Bertz CT molecular complexity index is 1240. The maximum absolute atomic E-state index is 4.78. The van der Waals surface area contributed by atoms with E-state index in [1.165, 1.54) is 33.4 Å². The fourth-order valence-corrected chi connectivity index (χ4v) is 5.10. The fourth-order valence-electron chi connectivity index (χ4n) is 5.10. The van der Waals surface area contributed by atoms with E-state index in [1.807, 2.05) is 6.20 Å². The minimum Gasteiger partial charge on any atom is -0.305 e. The molecule has 157 valence electrons. The minimum absolute atomic E-state index is 0. The maximum atomic E-state index is 4.78. The summed E-state index contributed by atoms with van der Waals surface area (Å²) in [5.74, 6) is 0. The molecule has 0 N–H and O–H groups in total. The summed E-state index contributed by atoms with van der Waals surface area (Å²) < 4.78 is 0. The molecule has 1 radical (unpaired) electrons. The molecule has 4 aromatic rings. The Kier molecular flexibility index (Phi) is 5.50. The molecular weight excluding hydrogens is 555 g/mol. The Balaban J connectivity index is 0.00000231. The first kappa shape index (κ1) is 21.7. The zero-order chi connectivity index (χ0) is 20.9. The Morgan fingerprint density at radius 3 is 2.03 bits per heavy atom. The van der Waals surface area contributed by atoms with E-state index in [0.29, 0.717) is 0 Å². The van der Waals surface area contributed by atoms with Gasteiger partial charge in [-0.3, -0.25) is 0 Å². The summed E-state index contributed by atoms with van der Waals surface area (Å²) in [4.78, 5) is 4.78. The van der Waals surface area contributed by atoms with Crippen molar-refractivity contribution in [1.29, 1.82) is 0 Å². The van der Waals surface area contributed by atoms with E-state index in [-0.39, 0.29) is 30.9 Å². The third kappa shape index (κ3) is 3.39. The van der Waals surface area contributed by atoms with Crippen molar-refractivity contribution in [1.82, 2.24) is 4.98 Å². The number of hydrogen-bond acceptors (Lipinski definition) is 1. The minimum atomic E-state index is -0.126. The summed E-state index contributed by atoms with van der Waals surface area (Å²) in [5.41, 5.74) is 9.79. The summed E-state index contributed by atoms with van der Waals surface area (Å²) in [5, 5.41) is 0. The molecule has 0 saturated heterocycles. The van der Waals surface area contributed by atoms with Crippen LogP contribution in [0.1, 0.15) is 49.9 Å². The first-order valence-electron chi connectivity index (χ1n) is 10.6. The van der Waals surface area contributed by atoms with E-state index in [0.717, 1.165) is 11.3 Å². The third-order valence-corrected chi connectivity index (χ3v) is 6.69. The molecule has 5 rings (SSSR count). The summed E-state index contributed by atoms with van der Waals surface area (Å²) >= 11 is 0. The quantitative estimate of drug-likeness (QED) is 0.229. The van der Waals surface area contributed by atoms with Gasteiger partial charge in [0, 0.05) is 26.3 Å². The number of pyridine rings is 1. The average molecular weight is 581 g/mol. The molecule has 1 nitrogen and oxygen atoms in total. The van der Waals surface area contributed by atoms with Crippen LogP contribution in [0.2, 0.25) is 0 Å². The van der Waals surface area contributed by atoms with Crippen LogP contribution in [0.3, 0.4) is 0 Å². The molecule has 0 amide bonds. The zero-order valence-electron chi connectivity index (χ0n) is 18.4. The molecule has 0 atom stereocenters. The molecule has 0 fully saturated rings. The van der Waals surface area contributed by atoms with Crippen LogP contribution in [0.25, 0.3) is 22.4 Å². The van der Waals surface area contributed by atoms with Crippen molar-refractivity contribution in [3.05, 3.63) is 113 Å². The predicted molar refractivity (Wildman–Crippen MR) is 125 cm³/mol. The molecule has 1 aromatic heterocycles. The Morgan fingerprint density at radius 2 is 1.32 bits per heavy atom. The normalized spacial score (nSPS) is 15.4. The summed E-state index contributed by atoms with van der Waals surface area (Å²) in [6.45, 7) is 9.33. The number of benzene rings is 3. The first-order chi connectivity index (χ1) is 14.4. The molecule has 0 bridgehead atoms. The van der Waals surface area contributed by atoms with Crippen LogP contribution in [-0.4, -0.2) is 4.98 Å². The van der Waals surface area contributed by atoms with Gasteiger partial charge in [0.1, 0.15) is 0 Å². The van der Waals surface area contributed by atoms with Crippen LogP contribution in [0.15, 0.2) is 85.1 Å². The van der Waals surface area contributed by atoms with Crippen molar-refractivity contribution < 1.29 is 20.1 Å². The molecule has 0 unspecified atom stereocenters. The molecule has 0 saturated carbocycles. The number of fused-ring (bicyclic) bond motifs is 2. The molecule has 0 aliphatic heterocycles. The van der Waals surface area contributed by atoms with E-state index in [2.05, 4.69) is 113 Å². The second-order valence-electron chi connectivity index (χ2n) is 9.23. The van der Waals surface area contributed by atoms with Crippen molar-refractivity contribution >= 4 is 0 Å². The average Bonchev–Trinajstić information content (AvgIpc) is 2.78. The van der Waals surface area contributed by atoms with Crippen molar-refractivity contribution in [2.45, 2.75) is 38.5 Å². The summed E-state index contributed by atoms with van der Waals surface area (Å²) in [7, 11) is 0. The molecule has 1 aliphatic rings. The Hall–Kier alpha value is -2.54. The van der Waals surface area contributed by atoms with Gasteiger partial charge in [0.05, 0.1) is 0 Å². The van der Waals surface area contributed by atoms with Gasteiger partial charge >= 0.3 is 0 Å². The summed E-state index contributed by atoms with van der Waals surface area (Å²) in [6.07, 6.45) is 1.92. The molecular formula is C29H26IrN-. The van der Waals surface area contributed by atoms with Gasteiger partial charge in [-0.2, -0.15) is 0 Å². The van der Waals surface area contributed by atoms with Gasteiger partial charge in [-0.1, -0.05) is 88.4 Å². The number of nitrogens with zero attached hydrogens (tertiary/aromatic N) is 1. The van der Waals surface area contributed by atoms with E-state index in [9.17, 15) is 0 Å². The van der Waals surface area contributed by atoms with Gasteiger partial charge in [-0.05, 0) is 44.8 Å². The monoisotopic (exact) mass is 581 g/mol. The summed E-state index contributed by atoms with van der Waals surface area (Å²) in [6, 6.07) is 31.5. The van der Waals surface area contributed by atoms with Crippen LogP contribution in [0, 0.1) is 6.07 Å². The number of rotatable bonds is 2. The van der Waals surface area contributed by atoms with Gasteiger partial charge in [0.15, 0.2) is 0 Å². The van der Waals surface area contributed by atoms with Crippen LogP contribution in [-0.2, 0) is 30.9 Å². The largest absolute Gasteiger partial charge is 0.305 e. The van der Waals surface area contributed by atoms with Gasteiger partial charge in [0.2, 0.25) is 0 Å². The maximum Gasteiger partial charge on any atom is 0.0166 e. The van der Waals surface area contributed by atoms with E-state index >= 15 is 0 Å². The van der Waals surface area contributed by atoms with E-state index < -0.39 is 0 Å². The molecule has 3 aromatic carbocycles. The topological polar surface area (TPSA) is 12.9 Å². The van der Waals surface area contributed by atoms with E-state index in [4.69, 9.17) is 4.98 Å². The van der Waals surface area contributed by atoms with E-state index in [1.54, 1.807) is 0 Å². The smallest absolute Gasteiger partial charge is 0.0166 e. The Morgan fingerprint density at radius 1 is 0.677 bits per heavy atom. The zero-order valence-corrected chi connectivity index (χ0v) is 20.8. The SMILES string of the molecule is CC1(C)c2ccccc2C(C)(C)c2c(-c3cc(-c4ccccc4)ccn3)[c-]ccc21.[Ir].